The van der Waals surface area contributed by atoms with Crippen LogP contribution in [-0.4, -0.2) is 18.0 Å². The van der Waals surface area contributed by atoms with Gasteiger partial charge in [0.05, 0.1) is 0 Å². The van der Waals surface area contributed by atoms with Gasteiger partial charge in [0.25, 0.3) is 0 Å². The van der Waals surface area contributed by atoms with Crippen LogP contribution in [-0.2, 0) is 0 Å². The van der Waals surface area contributed by atoms with Crippen LogP contribution in [0.25, 0.3) is 0 Å². The average molecular weight is 150 g/mol. The van der Waals surface area contributed by atoms with Gasteiger partial charge in [0.1, 0.15) is 0 Å². The molecule has 1 aliphatic heterocycles. The maximum Gasteiger partial charge on any atom is 0.0231 e. The zero-order valence-electron chi connectivity index (χ0n) is 6.61. The Labute approximate surface area is 67.7 Å². The Morgan fingerprint density at radius 3 is 2.18 bits per heavy atom. The van der Waals surface area contributed by atoms with Crippen molar-refractivity contribution in [2.24, 2.45) is 5.73 Å². The molecule has 0 aromatic carbocycles. The topological polar surface area (TPSA) is 29.3 Å². The maximum absolute atomic E-state index is 5.39. The summed E-state index contributed by atoms with van der Waals surface area (Å²) in [5, 5.41) is 0. The summed E-state index contributed by atoms with van der Waals surface area (Å²) in [6, 6.07) is 0. The van der Waals surface area contributed by atoms with Gasteiger partial charge >= 0.3 is 0 Å². The molecule has 0 aromatic rings. The van der Waals surface area contributed by atoms with Gasteiger partial charge in [-0.05, 0) is 25.1 Å². The van der Waals surface area contributed by atoms with Crippen LogP contribution in [0.5, 0.6) is 0 Å². The zero-order valence-corrected chi connectivity index (χ0v) is 6.61. The van der Waals surface area contributed by atoms with Crippen LogP contribution in [0.15, 0.2) is 36.7 Å². The first kappa shape index (κ1) is 8.08. The molecule has 2 heteroatoms. The van der Waals surface area contributed by atoms with Gasteiger partial charge in [-0.1, -0.05) is 12.2 Å². The van der Waals surface area contributed by atoms with Gasteiger partial charge in [-0.2, -0.15) is 0 Å². The first-order valence-corrected chi connectivity index (χ1v) is 3.91. The summed E-state index contributed by atoms with van der Waals surface area (Å²) in [6.07, 6.45) is 13.2. The molecule has 1 heterocycles. The fourth-order valence-corrected chi connectivity index (χ4v) is 0.921. The van der Waals surface area contributed by atoms with Crippen molar-refractivity contribution in [1.82, 2.24) is 4.90 Å². The Kier molecular flexibility index (Phi) is 3.48. The van der Waals surface area contributed by atoms with Gasteiger partial charge in [0, 0.05) is 18.9 Å². The first-order valence-electron chi connectivity index (χ1n) is 3.91. The van der Waals surface area contributed by atoms with E-state index in [4.69, 9.17) is 5.73 Å². The number of nitrogens with zero attached hydrogens (tertiary/aromatic N) is 1. The highest BCUT2D eigenvalue weighted by atomic mass is 15.1. The standard InChI is InChI=1S/C9H14N2/c10-6-5-9-11-7-3-1-2-4-8-11/h1-4,7-8H,5-6,9-10H2. The van der Waals surface area contributed by atoms with Crippen molar-refractivity contribution in [3.63, 3.8) is 0 Å². The number of allylic oxidation sites excluding steroid dienone is 4. The third kappa shape index (κ3) is 3.05. The molecule has 11 heavy (non-hydrogen) atoms. The summed E-state index contributed by atoms with van der Waals surface area (Å²) in [5.41, 5.74) is 5.39. The fourth-order valence-electron chi connectivity index (χ4n) is 0.921. The molecule has 0 radical (unpaired) electrons. The van der Waals surface area contributed by atoms with Crippen molar-refractivity contribution in [2.45, 2.75) is 6.42 Å². The average Bonchev–Trinajstić information content (AvgIpc) is 2.28. The molecule has 0 aromatic heterocycles. The summed E-state index contributed by atoms with van der Waals surface area (Å²) >= 11 is 0. The summed E-state index contributed by atoms with van der Waals surface area (Å²) in [4.78, 5) is 2.13. The molecule has 0 bridgehead atoms. The molecule has 60 valence electrons. The smallest absolute Gasteiger partial charge is 0.0231 e. The van der Waals surface area contributed by atoms with Gasteiger partial charge in [-0.25, -0.2) is 0 Å². The van der Waals surface area contributed by atoms with E-state index in [-0.39, 0.29) is 0 Å². The Morgan fingerprint density at radius 1 is 1.00 bits per heavy atom. The highest BCUT2D eigenvalue weighted by Crippen LogP contribution is 1.98. The molecule has 2 nitrogen and oxygen atoms in total. The molecule has 1 aliphatic rings. The van der Waals surface area contributed by atoms with Crippen LogP contribution in [0.1, 0.15) is 6.42 Å². The summed E-state index contributed by atoms with van der Waals surface area (Å²) < 4.78 is 0. The van der Waals surface area contributed by atoms with E-state index in [1.165, 1.54) is 0 Å². The highest BCUT2D eigenvalue weighted by Gasteiger charge is 1.92. The first-order chi connectivity index (χ1) is 5.43. The minimum Gasteiger partial charge on any atom is -0.354 e. The van der Waals surface area contributed by atoms with Crippen molar-refractivity contribution in [3.8, 4) is 0 Å². The Balaban J connectivity index is 2.34. The van der Waals surface area contributed by atoms with Crippen LogP contribution in [0, 0.1) is 0 Å². The SMILES string of the molecule is NCCCN1C=CC=CC=C1. The molecular weight excluding hydrogens is 136 g/mol. The van der Waals surface area contributed by atoms with E-state index in [2.05, 4.69) is 17.3 Å². The predicted octanol–water partition coefficient (Wildman–Crippen LogP) is 1.23. The number of hydrogen-bond donors (Lipinski definition) is 1. The van der Waals surface area contributed by atoms with E-state index in [0.717, 1.165) is 19.5 Å². The quantitative estimate of drug-likeness (QED) is 0.655. The summed E-state index contributed by atoms with van der Waals surface area (Å²) in [6.45, 7) is 1.76. The van der Waals surface area contributed by atoms with Gasteiger partial charge < -0.3 is 10.6 Å². The lowest BCUT2D eigenvalue weighted by molar-refractivity contribution is 0.493. The predicted molar refractivity (Wildman–Crippen MR) is 47.8 cm³/mol. The van der Waals surface area contributed by atoms with Crippen molar-refractivity contribution < 1.29 is 0 Å². The number of rotatable bonds is 3. The second kappa shape index (κ2) is 4.74. The molecule has 0 fully saturated rings. The van der Waals surface area contributed by atoms with Crippen LogP contribution in [0.2, 0.25) is 0 Å². The van der Waals surface area contributed by atoms with E-state index in [1.807, 2.05) is 24.3 Å². The third-order valence-corrected chi connectivity index (χ3v) is 1.51. The molecule has 0 saturated carbocycles. The van der Waals surface area contributed by atoms with E-state index >= 15 is 0 Å². The van der Waals surface area contributed by atoms with E-state index in [9.17, 15) is 0 Å². The van der Waals surface area contributed by atoms with E-state index < -0.39 is 0 Å². The molecule has 0 atom stereocenters. The minimum atomic E-state index is 0.756. The number of hydrogen-bond acceptors (Lipinski definition) is 2. The van der Waals surface area contributed by atoms with E-state index in [0.29, 0.717) is 0 Å². The molecular formula is C9H14N2. The maximum atomic E-state index is 5.39. The Bertz CT molecular complexity index is 164. The van der Waals surface area contributed by atoms with Crippen LogP contribution < -0.4 is 5.73 Å². The van der Waals surface area contributed by atoms with Crippen LogP contribution in [0.4, 0.5) is 0 Å². The third-order valence-electron chi connectivity index (χ3n) is 1.51. The summed E-state index contributed by atoms with van der Waals surface area (Å²) in [5.74, 6) is 0. The largest absolute Gasteiger partial charge is 0.354 e. The van der Waals surface area contributed by atoms with Gasteiger partial charge in [0.15, 0.2) is 0 Å². The fraction of sp³-hybridized carbons (Fsp3) is 0.333. The van der Waals surface area contributed by atoms with Crippen molar-refractivity contribution in [2.75, 3.05) is 13.1 Å². The molecule has 0 aliphatic carbocycles. The van der Waals surface area contributed by atoms with Gasteiger partial charge in [0.2, 0.25) is 0 Å². The van der Waals surface area contributed by atoms with Crippen LogP contribution in [0.3, 0.4) is 0 Å². The lowest BCUT2D eigenvalue weighted by Gasteiger charge is -2.12. The lowest BCUT2D eigenvalue weighted by Crippen LogP contribution is -2.14. The van der Waals surface area contributed by atoms with Crippen molar-refractivity contribution >= 4 is 0 Å². The zero-order chi connectivity index (χ0) is 7.94. The minimum absolute atomic E-state index is 0.756. The molecule has 0 spiro atoms. The molecule has 1 rings (SSSR count). The molecule has 2 N–H and O–H groups in total. The second-order valence-corrected chi connectivity index (χ2v) is 2.45. The van der Waals surface area contributed by atoms with Gasteiger partial charge in [-0.3, -0.25) is 0 Å². The van der Waals surface area contributed by atoms with E-state index in [1.54, 1.807) is 0 Å². The Hall–Kier alpha value is -1.02. The molecule has 0 saturated heterocycles. The summed E-state index contributed by atoms with van der Waals surface area (Å²) in [7, 11) is 0. The number of nitrogens with two attached hydrogens (primary N) is 1. The second-order valence-electron chi connectivity index (χ2n) is 2.45. The van der Waals surface area contributed by atoms with Crippen molar-refractivity contribution in [3.05, 3.63) is 36.7 Å². The normalized spacial score (nSPS) is 15.5. The highest BCUT2D eigenvalue weighted by molar-refractivity contribution is 5.15. The Morgan fingerprint density at radius 2 is 1.64 bits per heavy atom. The van der Waals surface area contributed by atoms with Crippen LogP contribution >= 0.6 is 0 Å². The lowest BCUT2D eigenvalue weighted by atomic mass is 10.4. The van der Waals surface area contributed by atoms with Gasteiger partial charge in [-0.15, -0.1) is 0 Å². The van der Waals surface area contributed by atoms with Crippen molar-refractivity contribution in [1.29, 1.82) is 0 Å². The molecule has 0 unspecified atom stereocenters. The molecule has 0 amide bonds. The monoisotopic (exact) mass is 150 g/mol.